The normalized spacial score (nSPS) is 13.8. The van der Waals surface area contributed by atoms with Crippen molar-refractivity contribution in [1.29, 1.82) is 5.26 Å². The number of rotatable bonds is 4. The second kappa shape index (κ2) is 5.53. The van der Waals surface area contributed by atoms with E-state index in [4.69, 9.17) is 5.73 Å². The molecule has 1 aromatic carbocycles. The predicted octanol–water partition coefficient (Wildman–Crippen LogP) is 2.92. The first-order valence-electron chi connectivity index (χ1n) is 5.45. The maximum absolute atomic E-state index is 9.32. The summed E-state index contributed by atoms with van der Waals surface area (Å²) in [6.07, 6.45) is 0. The van der Waals surface area contributed by atoms with Crippen molar-refractivity contribution in [1.82, 2.24) is 4.98 Å². The minimum Gasteiger partial charge on any atom is -0.309 e. The predicted molar refractivity (Wildman–Crippen MR) is 75.5 cm³/mol. The second-order valence-corrected chi connectivity index (χ2v) is 6.07. The van der Waals surface area contributed by atoms with Crippen LogP contribution in [-0.4, -0.2) is 10.7 Å². The lowest BCUT2D eigenvalue weighted by Gasteiger charge is -2.20. The van der Waals surface area contributed by atoms with Gasteiger partial charge in [0.25, 0.3) is 0 Å². The van der Waals surface area contributed by atoms with Gasteiger partial charge in [-0.3, -0.25) is 0 Å². The molecule has 0 bridgehead atoms. The van der Waals surface area contributed by atoms with Crippen LogP contribution in [0.1, 0.15) is 11.3 Å². The molecule has 2 rings (SSSR count). The van der Waals surface area contributed by atoms with Gasteiger partial charge in [-0.2, -0.15) is 5.26 Å². The first-order valence-corrected chi connectivity index (χ1v) is 7.31. The van der Waals surface area contributed by atoms with Gasteiger partial charge in [-0.25, -0.2) is 4.98 Å². The molecule has 18 heavy (non-hydrogen) atoms. The van der Waals surface area contributed by atoms with Crippen molar-refractivity contribution in [2.24, 2.45) is 5.73 Å². The molecular formula is C13H13N3S2. The molecule has 0 fully saturated rings. The van der Waals surface area contributed by atoms with Crippen LogP contribution >= 0.6 is 23.1 Å². The number of nitrogens with two attached hydrogens (primary N) is 1. The van der Waals surface area contributed by atoms with Crippen LogP contribution in [0.5, 0.6) is 0 Å². The first kappa shape index (κ1) is 13.1. The molecule has 0 radical (unpaired) electrons. The van der Waals surface area contributed by atoms with E-state index in [1.165, 1.54) is 11.8 Å². The van der Waals surface area contributed by atoms with E-state index in [-0.39, 0.29) is 0 Å². The summed E-state index contributed by atoms with van der Waals surface area (Å²) in [5.41, 5.74) is 7.04. The molecule has 1 aromatic heterocycles. The van der Waals surface area contributed by atoms with Crippen molar-refractivity contribution in [2.75, 3.05) is 5.75 Å². The van der Waals surface area contributed by atoms with E-state index in [9.17, 15) is 5.26 Å². The van der Waals surface area contributed by atoms with E-state index in [1.807, 2.05) is 42.6 Å². The van der Waals surface area contributed by atoms with Gasteiger partial charge in [-0.1, -0.05) is 42.1 Å². The molecule has 0 spiro atoms. The van der Waals surface area contributed by atoms with Gasteiger partial charge in [0.05, 0.1) is 6.07 Å². The molecule has 2 aromatic rings. The lowest BCUT2D eigenvalue weighted by atomic mass is 9.95. The van der Waals surface area contributed by atoms with Crippen LogP contribution in [-0.2, 0) is 5.54 Å². The zero-order valence-electron chi connectivity index (χ0n) is 9.96. The lowest BCUT2D eigenvalue weighted by molar-refractivity contribution is 0.659. The van der Waals surface area contributed by atoms with Gasteiger partial charge in [0.15, 0.2) is 0 Å². The number of thiazole rings is 1. The number of nitriles is 1. The van der Waals surface area contributed by atoms with Crippen LogP contribution in [0.3, 0.4) is 0 Å². The quantitative estimate of drug-likeness (QED) is 0.871. The minimum absolute atomic E-state index is 0.500. The molecule has 0 saturated carbocycles. The summed E-state index contributed by atoms with van der Waals surface area (Å²) in [5.74, 6) is 0.500. The average molecular weight is 275 g/mol. The standard InChI is InChI=1S/C13H13N3S2/c1-10-7-17-12(16-10)18-9-13(15,8-14)11-5-3-2-4-6-11/h2-7H,9,15H2,1H3. The number of hydrogen-bond donors (Lipinski definition) is 1. The second-order valence-electron chi connectivity index (χ2n) is 3.99. The maximum Gasteiger partial charge on any atom is 0.150 e. The highest BCUT2D eigenvalue weighted by molar-refractivity contribution is 8.01. The topological polar surface area (TPSA) is 62.7 Å². The van der Waals surface area contributed by atoms with E-state index < -0.39 is 5.54 Å². The SMILES string of the molecule is Cc1csc(SCC(N)(C#N)c2ccccc2)n1. The monoisotopic (exact) mass is 275 g/mol. The van der Waals surface area contributed by atoms with E-state index in [0.29, 0.717) is 5.75 Å². The van der Waals surface area contributed by atoms with Crippen molar-refractivity contribution >= 4 is 23.1 Å². The fraction of sp³-hybridized carbons (Fsp3) is 0.231. The smallest absolute Gasteiger partial charge is 0.150 e. The lowest BCUT2D eigenvalue weighted by Crippen LogP contribution is -2.37. The largest absolute Gasteiger partial charge is 0.309 e. The number of aryl methyl sites for hydroxylation is 1. The van der Waals surface area contributed by atoms with Crippen LogP contribution in [0, 0.1) is 18.3 Å². The summed E-state index contributed by atoms with van der Waals surface area (Å²) >= 11 is 3.11. The van der Waals surface area contributed by atoms with Crippen LogP contribution in [0.15, 0.2) is 40.1 Å². The summed E-state index contributed by atoms with van der Waals surface area (Å²) in [6, 6.07) is 11.7. The molecule has 0 saturated heterocycles. The molecular weight excluding hydrogens is 262 g/mol. The van der Waals surface area contributed by atoms with Gasteiger partial charge < -0.3 is 5.73 Å². The number of aromatic nitrogens is 1. The van der Waals surface area contributed by atoms with Crippen molar-refractivity contribution < 1.29 is 0 Å². The molecule has 1 atom stereocenters. The highest BCUT2D eigenvalue weighted by atomic mass is 32.2. The summed E-state index contributed by atoms with van der Waals surface area (Å²) < 4.78 is 0.952. The average Bonchev–Trinajstić information content (AvgIpc) is 2.83. The highest BCUT2D eigenvalue weighted by Crippen LogP contribution is 2.29. The van der Waals surface area contributed by atoms with Gasteiger partial charge in [0.2, 0.25) is 0 Å². The molecule has 1 unspecified atom stereocenters. The van der Waals surface area contributed by atoms with Crippen molar-refractivity contribution in [2.45, 2.75) is 16.8 Å². The van der Waals surface area contributed by atoms with E-state index in [1.54, 1.807) is 11.3 Å². The molecule has 1 heterocycles. The van der Waals surface area contributed by atoms with Gasteiger partial charge in [0.1, 0.15) is 9.88 Å². The third-order valence-corrected chi connectivity index (χ3v) is 4.84. The number of hydrogen-bond acceptors (Lipinski definition) is 5. The Morgan fingerprint density at radius 3 is 2.72 bits per heavy atom. The molecule has 2 N–H and O–H groups in total. The van der Waals surface area contributed by atoms with Gasteiger partial charge in [-0.05, 0) is 12.5 Å². The molecule has 5 heteroatoms. The molecule has 0 aliphatic heterocycles. The number of nitrogens with zero attached hydrogens (tertiary/aromatic N) is 2. The Kier molecular flexibility index (Phi) is 4.02. The fourth-order valence-electron chi connectivity index (χ4n) is 1.49. The molecule has 0 aliphatic carbocycles. The molecule has 0 amide bonds. The third-order valence-electron chi connectivity index (χ3n) is 2.51. The van der Waals surface area contributed by atoms with Crippen LogP contribution < -0.4 is 5.73 Å². The van der Waals surface area contributed by atoms with Gasteiger partial charge >= 0.3 is 0 Å². The van der Waals surface area contributed by atoms with Gasteiger partial charge in [-0.15, -0.1) is 11.3 Å². The molecule has 0 aliphatic rings. The van der Waals surface area contributed by atoms with Crippen LogP contribution in [0.25, 0.3) is 0 Å². The Balaban J connectivity index is 2.12. The third kappa shape index (κ3) is 2.91. The fourth-order valence-corrected chi connectivity index (χ4v) is 3.39. The van der Waals surface area contributed by atoms with Crippen molar-refractivity contribution in [3.8, 4) is 6.07 Å². The van der Waals surface area contributed by atoms with E-state index in [2.05, 4.69) is 11.1 Å². The number of benzene rings is 1. The highest BCUT2D eigenvalue weighted by Gasteiger charge is 2.27. The van der Waals surface area contributed by atoms with Crippen molar-refractivity contribution in [3.63, 3.8) is 0 Å². The Morgan fingerprint density at radius 1 is 1.44 bits per heavy atom. The van der Waals surface area contributed by atoms with Gasteiger partial charge in [0, 0.05) is 16.8 Å². The zero-order valence-corrected chi connectivity index (χ0v) is 11.6. The van der Waals surface area contributed by atoms with Crippen LogP contribution in [0.2, 0.25) is 0 Å². The summed E-state index contributed by atoms with van der Waals surface area (Å²) in [4.78, 5) is 4.36. The van der Waals surface area contributed by atoms with Crippen LogP contribution in [0.4, 0.5) is 0 Å². The minimum atomic E-state index is -0.967. The summed E-state index contributed by atoms with van der Waals surface area (Å²) in [6.45, 7) is 1.96. The maximum atomic E-state index is 9.32. The summed E-state index contributed by atoms with van der Waals surface area (Å²) in [5, 5.41) is 11.3. The molecule has 92 valence electrons. The Labute approximate surface area is 115 Å². The molecule has 3 nitrogen and oxygen atoms in total. The first-order chi connectivity index (χ1) is 8.64. The summed E-state index contributed by atoms with van der Waals surface area (Å²) in [7, 11) is 0. The number of thioether (sulfide) groups is 1. The Bertz CT molecular complexity index is 559. The van der Waals surface area contributed by atoms with Crippen molar-refractivity contribution in [3.05, 3.63) is 47.0 Å². The van der Waals surface area contributed by atoms with E-state index in [0.717, 1.165) is 15.6 Å². The Morgan fingerprint density at radius 2 is 2.17 bits per heavy atom. The Hall–Kier alpha value is -1.35. The van der Waals surface area contributed by atoms with E-state index >= 15 is 0 Å². The zero-order chi connectivity index (χ0) is 13.0.